The van der Waals surface area contributed by atoms with Gasteiger partial charge >= 0.3 is 11.9 Å². The van der Waals surface area contributed by atoms with E-state index in [1.807, 2.05) is 18.2 Å². The topological polar surface area (TPSA) is 74.6 Å². The van der Waals surface area contributed by atoms with Crippen LogP contribution in [0, 0.1) is 5.92 Å². The molecular weight excluding hydrogens is 268 g/mol. The Morgan fingerprint density at radius 2 is 1.33 bits per heavy atom. The van der Waals surface area contributed by atoms with Gasteiger partial charge in [-0.15, -0.1) is 0 Å². The van der Waals surface area contributed by atoms with Crippen LogP contribution in [0.3, 0.4) is 0 Å². The molecule has 4 nitrogen and oxygen atoms in total. The summed E-state index contributed by atoms with van der Waals surface area (Å²) >= 11 is 0. The summed E-state index contributed by atoms with van der Waals surface area (Å²) in [6.07, 6.45) is 0.183. The molecule has 0 radical (unpaired) electrons. The fourth-order valence-corrected chi connectivity index (χ4v) is 2.42. The molecule has 0 aliphatic heterocycles. The number of carboxylic acid groups (broad SMARTS) is 2. The molecule has 0 aliphatic carbocycles. The molecule has 0 aliphatic rings. The molecule has 4 heteroatoms. The molecule has 2 aromatic rings. The summed E-state index contributed by atoms with van der Waals surface area (Å²) in [5.41, 5.74) is 1.32. The van der Waals surface area contributed by atoms with E-state index in [-0.39, 0.29) is 6.42 Å². The maximum Gasteiger partial charge on any atom is 0.311 e. The summed E-state index contributed by atoms with van der Waals surface area (Å²) in [6.45, 7) is 0. The van der Waals surface area contributed by atoms with E-state index in [1.54, 1.807) is 42.5 Å². The van der Waals surface area contributed by atoms with Gasteiger partial charge in [0.15, 0.2) is 0 Å². The van der Waals surface area contributed by atoms with Crippen molar-refractivity contribution >= 4 is 11.9 Å². The molecule has 2 atom stereocenters. The van der Waals surface area contributed by atoms with E-state index < -0.39 is 23.8 Å². The fourth-order valence-electron chi connectivity index (χ4n) is 2.42. The predicted molar refractivity (Wildman–Crippen MR) is 78.1 cm³/mol. The Morgan fingerprint density at radius 3 is 1.81 bits per heavy atom. The van der Waals surface area contributed by atoms with Crippen molar-refractivity contribution in [3.8, 4) is 0 Å². The number of carboxylic acids is 2. The van der Waals surface area contributed by atoms with Crippen LogP contribution in [0.5, 0.6) is 0 Å². The van der Waals surface area contributed by atoms with Gasteiger partial charge in [-0.1, -0.05) is 60.7 Å². The first-order valence-corrected chi connectivity index (χ1v) is 6.64. The predicted octanol–water partition coefficient (Wildman–Crippen LogP) is 2.80. The monoisotopic (exact) mass is 284 g/mol. The Bertz CT molecular complexity index is 607. The van der Waals surface area contributed by atoms with Crippen molar-refractivity contribution in [3.05, 3.63) is 71.8 Å². The van der Waals surface area contributed by atoms with Crippen LogP contribution < -0.4 is 0 Å². The summed E-state index contributed by atoms with van der Waals surface area (Å²) < 4.78 is 0. The molecule has 0 aromatic heterocycles. The fraction of sp³-hybridized carbons (Fsp3) is 0.176. The van der Waals surface area contributed by atoms with Crippen molar-refractivity contribution < 1.29 is 19.8 Å². The van der Waals surface area contributed by atoms with Gasteiger partial charge in [-0.3, -0.25) is 9.59 Å². The summed E-state index contributed by atoms with van der Waals surface area (Å²) in [7, 11) is 0. The van der Waals surface area contributed by atoms with Gasteiger partial charge < -0.3 is 10.2 Å². The van der Waals surface area contributed by atoms with Crippen LogP contribution in [0.2, 0.25) is 0 Å². The first-order chi connectivity index (χ1) is 10.1. The number of carbonyl (C=O) groups is 2. The van der Waals surface area contributed by atoms with Crippen LogP contribution in [-0.2, 0) is 16.0 Å². The van der Waals surface area contributed by atoms with Gasteiger partial charge in [0.1, 0.15) is 0 Å². The smallest absolute Gasteiger partial charge is 0.311 e. The van der Waals surface area contributed by atoms with Crippen molar-refractivity contribution in [3.63, 3.8) is 0 Å². The van der Waals surface area contributed by atoms with Crippen molar-refractivity contribution in [2.45, 2.75) is 12.3 Å². The van der Waals surface area contributed by atoms with Gasteiger partial charge in [-0.05, 0) is 17.5 Å². The van der Waals surface area contributed by atoms with E-state index in [0.717, 1.165) is 5.56 Å². The normalized spacial score (nSPS) is 13.3. The second-order valence-corrected chi connectivity index (χ2v) is 4.86. The van der Waals surface area contributed by atoms with Crippen LogP contribution in [0.1, 0.15) is 17.0 Å². The average molecular weight is 284 g/mol. The summed E-state index contributed by atoms with van der Waals surface area (Å²) in [5.74, 6) is -4.30. The number of benzene rings is 2. The lowest BCUT2D eigenvalue weighted by Gasteiger charge is -2.21. The van der Waals surface area contributed by atoms with E-state index >= 15 is 0 Å². The number of hydrogen-bond donors (Lipinski definition) is 2. The highest BCUT2D eigenvalue weighted by molar-refractivity contribution is 5.84. The molecular formula is C17H16O4. The van der Waals surface area contributed by atoms with E-state index in [9.17, 15) is 19.8 Å². The van der Waals surface area contributed by atoms with Crippen LogP contribution in [0.4, 0.5) is 0 Å². The van der Waals surface area contributed by atoms with Gasteiger partial charge in [0, 0.05) is 0 Å². The molecule has 0 fully saturated rings. The van der Waals surface area contributed by atoms with E-state index in [1.165, 1.54) is 0 Å². The Labute approximate surface area is 122 Å². The molecule has 0 bridgehead atoms. The average Bonchev–Trinajstić information content (AvgIpc) is 2.48. The van der Waals surface area contributed by atoms with Gasteiger partial charge in [0.05, 0.1) is 11.8 Å². The lowest BCUT2D eigenvalue weighted by atomic mass is 9.82. The lowest BCUT2D eigenvalue weighted by molar-refractivity contribution is -0.150. The Kier molecular flexibility index (Phi) is 4.72. The van der Waals surface area contributed by atoms with Crippen LogP contribution in [-0.4, -0.2) is 22.2 Å². The first-order valence-electron chi connectivity index (χ1n) is 6.64. The number of hydrogen-bond acceptors (Lipinski definition) is 2. The second kappa shape index (κ2) is 6.70. The minimum atomic E-state index is -1.12. The third kappa shape index (κ3) is 3.69. The molecule has 21 heavy (non-hydrogen) atoms. The van der Waals surface area contributed by atoms with Crippen LogP contribution >= 0.6 is 0 Å². The maximum absolute atomic E-state index is 11.6. The zero-order valence-corrected chi connectivity index (χ0v) is 11.3. The molecule has 2 N–H and O–H groups in total. The summed E-state index contributed by atoms with van der Waals surface area (Å²) in [6, 6.07) is 17.6. The van der Waals surface area contributed by atoms with Crippen LogP contribution in [0.25, 0.3) is 0 Å². The summed E-state index contributed by atoms with van der Waals surface area (Å²) in [5, 5.41) is 18.9. The van der Waals surface area contributed by atoms with Crippen molar-refractivity contribution in [1.29, 1.82) is 0 Å². The molecule has 0 spiro atoms. The van der Waals surface area contributed by atoms with E-state index in [2.05, 4.69) is 0 Å². The Morgan fingerprint density at radius 1 is 0.810 bits per heavy atom. The van der Waals surface area contributed by atoms with Gasteiger partial charge in [-0.25, -0.2) is 0 Å². The highest BCUT2D eigenvalue weighted by Gasteiger charge is 2.35. The molecule has 2 aromatic carbocycles. The second-order valence-electron chi connectivity index (χ2n) is 4.86. The van der Waals surface area contributed by atoms with Crippen LogP contribution in [0.15, 0.2) is 60.7 Å². The van der Waals surface area contributed by atoms with Gasteiger partial charge in [-0.2, -0.15) is 0 Å². The molecule has 0 heterocycles. The highest BCUT2D eigenvalue weighted by atomic mass is 16.4. The minimum absolute atomic E-state index is 0.183. The SMILES string of the molecule is O=C(O)[C@@H](Cc1ccccc1)[C@H](C(=O)O)c1ccccc1. The van der Waals surface area contributed by atoms with Crippen molar-refractivity contribution in [1.82, 2.24) is 0 Å². The maximum atomic E-state index is 11.6. The molecule has 2 rings (SSSR count). The van der Waals surface area contributed by atoms with Gasteiger partial charge in [0.25, 0.3) is 0 Å². The number of rotatable bonds is 6. The molecule has 0 saturated carbocycles. The zero-order chi connectivity index (χ0) is 15.2. The lowest BCUT2D eigenvalue weighted by Crippen LogP contribution is -2.29. The first kappa shape index (κ1) is 14.8. The largest absolute Gasteiger partial charge is 0.481 e. The van der Waals surface area contributed by atoms with Crippen molar-refractivity contribution in [2.75, 3.05) is 0 Å². The molecule has 0 amide bonds. The van der Waals surface area contributed by atoms with E-state index in [0.29, 0.717) is 5.56 Å². The minimum Gasteiger partial charge on any atom is -0.481 e. The van der Waals surface area contributed by atoms with Gasteiger partial charge in [0.2, 0.25) is 0 Å². The third-order valence-corrected chi connectivity index (χ3v) is 3.44. The standard InChI is InChI=1S/C17H16O4/c18-16(19)14(11-12-7-3-1-4-8-12)15(17(20)21)13-9-5-2-6-10-13/h1-10,14-15H,11H2,(H,18,19)(H,20,21)/t14-,15+/m0/s1. The Balaban J connectivity index is 2.34. The number of aliphatic carboxylic acids is 2. The molecule has 108 valence electrons. The molecule has 0 unspecified atom stereocenters. The Hall–Kier alpha value is -2.62. The van der Waals surface area contributed by atoms with Crippen molar-refractivity contribution in [2.24, 2.45) is 5.92 Å². The van der Waals surface area contributed by atoms with E-state index in [4.69, 9.17) is 0 Å². The molecule has 0 saturated heterocycles. The highest BCUT2D eigenvalue weighted by Crippen LogP contribution is 2.28. The quantitative estimate of drug-likeness (QED) is 0.855. The summed E-state index contributed by atoms with van der Waals surface area (Å²) in [4.78, 5) is 23.1. The third-order valence-electron chi connectivity index (χ3n) is 3.44. The zero-order valence-electron chi connectivity index (χ0n) is 11.3.